The normalized spacial score (nSPS) is 13.5. The van der Waals surface area contributed by atoms with E-state index in [4.69, 9.17) is 24.3 Å². The van der Waals surface area contributed by atoms with Gasteiger partial charge in [-0.05, 0) is 83.5 Å². The molecule has 0 heterocycles. The molecule has 0 aliphatic carbocycles. The van der Waals surface area contributed by atoms with Crippen LogP contribution in [-0.2, 0) is 32.7 Å². The van der Waals surface area contributed by atoms with Crippen LogP contribution in [-0.4, -0.2) is 49.3 Å². The summed E-state index contributed by atoms with van der Waals surface area (Å²) in [5.41, 5.74) is 5.41. The van der Waals surface area contributed by atoms with Crippen LogP contribution in [0.15, 0.2) is 109 Å². The van der Waals surface area contributed by atoms with E-state index in [0.717, 1.165) is 109 Å². The lowest BCUT2D eigenvalue weighted by molar-refractivity contribution is -0.161. The molecule has 0 aromatic heterocycles. The van der Waals surface area contributed by atoms with Crippen molar-refractivity contribution in [1.29, 1.82) is 0 Å². The van der Waals surface area contributed by atoms with Gasteiger partial charge in [-0.1, -0.05) is 367 Å². The van der Waals surface area contributed by atoms with Crippen molar-refractivity contribution in [2.45, 2.75) is 360 Å². The molecule has 520 valence electrons. The Labute approximate surface area is 556 Å². The fraction of sp³-hybridized carbons (Fsp3) is 0.750. The van der Waals surface area contributed by atoms with Crippen LogP contribution < -0.4 is 5.73 Å². The molecule has 0 aliphatic rings. The molecule has 10 heteroatoms. The topological polar surface area (TPSA) is 134 Å². The smallest absolute Gasteiger partial charge is 0.462 e. The highest BCUT2D eigenvalue weighted by Crippen LogP contribution is 2.43. The Morgan fingerprint density at radius 3 is 0.911 bits per heavy atom. The number of esters is 2. The number of allylic oxidation sites excluding steroid dienone is 18. The van der Waals surface area contributed by atoms with Crippen LogP contribution >= 0.6 is 7.82 Å². The molecule has 0 bridgehead atoms. The molecule has 0 radical (unpaired) electrons. The van der Waals surface area contributed by atoms with Crippen LogP contribution in [0, 0.1) is 0 Å². The van der Waals surface area contributed by atoms with Crippen molar-refractivity contribution >= 4 is 19.8 Å². The zero-order chi connectivity index (χ0) is 65.1. The van der Waals surface area contributed by atoms with Gasteiger partial charge in [0.25, 0.3) is 0 Å². The maximum absolute atomic E-state index is 12.8. The van der Waals surface area contributed by atoms with Gasteiger partial charge in [0.15, 0.2) is 6.10 Å². The van der Waals surface area contributed by atoms with Crippen molar-refractivity contribution < 1.29 is 37.6 Å². The molecule has 3 N–H and O–H groups in total. The first-order valence-corrected chi connectivity index (χ1v) is 39.4. The second-order valence-corrected chi connectivity index (χ2v) is 26.6. The Morgan fingerprint density at radius 1 is 0.344 bits per heavy atom. The largest absolute Gasteiger partial charge is 0.472 e. The highest BCUT2D eigenvalue weighted by Gasteiger charge is 2.26. The predicted molar refractivity (Wildman–Crippen MR) is 390 cm³/mol. The van der Waals surface area contributed by atoms with Crippen molar-refractivity contribution in [3.05, 3.63) is 109 Å². The summed E-state index contributed by atoms with van der Waals surface area (Å²) in [6, 6.07) is 0. The summed E-state index contributed by atoms with van der Waals surface area (Å²) < 4.78 is 33.2. The lowest BCUT2D eigenvalue weighted by Crippen LogP contribution is -2.29. The van der Waals surface area contributed by atoms with Crippen molar-refractivity contribution in [2.24, 2.45) is 5.73 Å². The Balaban J connectivity index is 3.88. The number of unbranched alkanes of at least 4 members (excludes halogenated alkanes) is 40. The fourth-order valence-corrected chi connectivity index (χ4v) is 11.6. The van der Waals surface area contributed by atoms with Gasteiger partial charge in [-0.2, -0.15) is 0 Å². The Morgan fingerprint density at radius 2 is 0.611 bits per heavy atom. The van der Waals surface area contributed by atoms with Crippen molar-refractivity contribution in [3.8, 4) is 0 Å². The molecule has 0 aromatic rings. The van der Waals surface area contributed by atoms with Gasteiger partial charge in [-0.15, -0.1) is 0 Å². The molecule has 9 nitrogen and oxygen atoms in total. The maximum Gasteiger partial charge on any atom is 0.472 e. The predicted octanol–water partition coefficient (Wildman–Crippen LogP) is 25.3. The molecule has 0 fully saturated rings. The van der Waals surface area contributed by atoms with Gasteiger partial charge < -0.3 is 20.1 Å². The summed E-state index contributed by atoms with van der Waals surface area (Å²) in [5, 5.41) is 0. The molecule has 0 saturated heterocycles. The van der Waals surface area contributed by atoms with Gasteiger partial charge in [-0.25, -0.2) is 4.57 Å². The summed E-state index contributed by atoms with van der Waals surface area (Å²) in [7, 11) is -4.41. The number of hydrogen-bond donors (Lipinski definition) is 2. The number of phosphoric acid groups is 1. The minimum atomic E-state index is -4.41. The highest BCUT2D eigenvalue weighted by atomic mass is 31.2. The molecule has 0 saturated carbocycles. The summed E-state index contributed by atoms with van der Waals surface area (Å²) in [6.07, 6.45) is 104. The Bertz CT molecular complexity index is 1850. The quantitative estimate of drug-likeness (QED) is 0.0264. The minimum Gasteiger partial charge on any atom is -0.462 e. The molecule has 2 unspecified atom stereocenters. The highest BCUT2D eigenvalue weighted by molar-refractivity contribution is 7.47. The lowest BCUT2D eigenvalue weighted by Gasteiger charge is -2.19. The van der Waals surface area contributed by atoms with E-state index < -0.39 is 26.5 Å². The Hall–Kier alpha value is -3.33. The summed E-state index contributed by atoms with van der Waals surface area (Å²) in [5.74, 6) is -0.843. The second-order valence-electron chi connectivity index (χ2n) is 25.1. The number of phosphoric ester groups is 1. The monoisotopic (exact) mass is 1280 g/mol. The number of ether oxygens (including phenoxy) is 2. The van der Waals surface area contributed by atoms with Gasteiger partial charge in [0.2, 0.25) is 0 Å². The van der Waals surface area contributed by atoms with E-state index in [1.807, 2.05) is 0 Å². The summed E-state index contributed by atoms with van der Waals surface area (Å²) in [6.45, 7) is 3.65. The second kappa shape index (κ2) is 74.7. The number of rotatable bonds is 71. The van der Waals surface area contributed by atoms with Gasteiger partial charge in [0, 0.05) is 19.4 Å². The van der Waals surface area contributed by atoms with E-state index >= 15 is 0 Å². The van der Waals surface area contributed by atoms with E-state index in [1.54, 1.807) is 0 Å². The maximum atomic E-state index is 12.8. The first-order valence-electron chi connectivity index (χ1n) is 37.9. The molecule has 0 aliphatic heterocycles. The molecule has 0 rings (SSSR count). The third-order valence-electron chi connectivity index (χ3n) is 16.4. The number of nitrogens with two attached hydrogens (primary N) is 1. The van der Waals surface area contributed by atoms with Gasteiger partial charge in [0.1, 0.15) is 6.61 Å². The van der Waals surface area contributed by atoms with Crippen molar-refractivity contribution in [2.75, 3.05) is 26.4 Å². The van der Waals surface area contributed by atoms with Crippen molar-refractivity contribution in [1.82, 2.24) is 0 Å². The van der Waals surface area contributed by atoms with Crippen LogP contribution in [0.1, 0.15) is 354 Å². The van der Waals surface area contributed by atoms with E-state index in [-0.39, 0.29) is 38.6 Å². The van der Waals surface area contributed by atoms with Crippen LogP contribution in [0.25, 0.3) is 0 Å². The summed E-state index contributed by atoms with van der Waals surface area (Å²) in [4.78, 5) is 35.4. The molecule has 0 aromatic carbocycles. The van der Waals surface area contributed by atoms with Crippen LogP contribution in [0.2, 0.25) is 0 Å². The first-order chi connectivity index (χ1) is 44.3. The average molecular weight is 1280 g/mol. The van der Waals surface area contributed by atoms with Gasteiger partial charge >= 0.3 is 19.8 Å². The SMILES string of the molecule is CC/C=C\C/C=C\C/C=C\C/C=C\C/C=C\C/C=C\C/C=C\C/C=C\C/C=C\CCCCCCCC(=O)OC(COC(=O)CCCCCCCCCCCCCCCCCCCCCCCCCCCCCCCCCCCCCC)COP(=O)(O)OCCN. The van der Waals surface area contributed by atoms with E-state index in [1.165, 1.54) is 212 Å². The average Bonchev–Trinajstić information content (AvgIpc) is 3.58. The first kappa shape index (κ1) is 86.7. The molecule has 0 spiro atoms. The molecule has 0 amide bonds. The number of hydrogen-bond acceptors (Lipinski definition) is 8. The Kier molecular flexibility index (Phi) is 71.9. The molecule has 90 heavy (non-hydrogen) atoms. The van der Waals surface area contributed by atoms with E-state index in [9.17, 15) is 19.0 Å². The van der Waals surface area contributed by atoms with Crippen LogP contribution in [0.5, 0.6) is 0 Å². The standard InChI is InChI=1S/C80H142NO8P/c1-3-5-7-9-11-13-15-17-19-21-23-25-27-29-31-33-35-37-38-39-41-42-44-46-48-50-52-54-56-58-60-62-64-66-68-70-72-79(82)86-76-78(77-88-90(84,85)87-75-74-81)89-80(83)73-71-69-67-65-63-61-59-57-55-53-51-49-47-45-43-40-36-34-32-30-28-26-24-22-20-18-16-14-12-10-8-6-4-2/h6,8,12,14,18,20,24,26,30,32,36,40,45,47,51,53,57,59,78H,3-5,7,9-11,13,15-17,19,21-23,25,27-29,31,33-35,37-39,41-44,46,48-50,52,54-56,58,60-77,81H2,1-2H3,(H,84,85)/b8-6-,14-12-,20-18-,26-24-,32-30-,40-36-,47-45-,53-51-,59-57-. The third-order valence-corrected chi connectivity index (χ3v) is 17.4. The molecule has 2 atom stereocenters. The minimum absolute atomic E-state index is 0.0459. The number of carbonyl (C=O) groups is 2. The van der Waals surface area contributed by atoms with Crippen molar-refractivity contribution in [3.63, 3.8) is 0 Å². The van der Waals surface area contributed by atoms with Crippen LogP contribution in [0.3, 0.4) is 0 Å². The van der Waals surface area contributed by atoms with E-state index in [0.29, 0.717) is 6.42 Å². The van der Waals surface area contributed by atoms with Crippen LogP contribution in [0.4, 0.5) is 0 Å². The fourth-order valence-electron chi connectivity index (χ4n) is 10.9. The number of carbonyl (C=O) groups excluding carboxylic acids is 2. The zero-order valence-corrected chi connectivity index (χ0v) is 59.5. The summed E-state index contributed by atoms with van der Waals surface area (Å²) >= 11 is 0. The third kappa shape index (κ3) is 73.7. The van der Waals surface area contributed by atoms with Gasteiger partial charge in [0.05, 0.1) is 13.2 Å². The zero-order valence-electron chi connectivity index (χ0n) is 58.6. The molecular weight excluding hydrogens is 1130 g/mol. The van der Waals surface area contributed by atoms with Gasteiger partial charge in [-0.3, -0.25) is 18.6 Å². The lowest BCUT2D eigenvalue weighted by atomic mass is 10.0. The van der Waals surface area contributed by atoms with E-state index in [2.05, 4.69) is 123 Å². The molecular formula is C80H142NO8P.